The highest BCUT2D eigenvalue weighted by Gasteiger charge is 2.22. The summed E-state index contributed by atoms with van der Waals surface area (Å²) in [7, 11) is 0. The van der Waals surface area contributed by atoms with Gasteiger partial charge in [0.15, 0.2) is 17.5 Å². The highest BCUT2D eigenvalue weighted by Crippen LogP contribution is 2.42. The molecule has 0 fully saturated rings. The average Bonchev–Trinajstić information content (AvgIpc) is 3.87. The van der Waals surface area contributed by atoms with Gasteiger partial charge in [-0.3, -0.25) is 0 Å². The first-order valence-corrected chi connectivity index (χ1v) is 21.7. The normalized spacial score (nSPS) is 11.8. The van der Waals surface area contributed by atoms with Crippen molar-refractivity contribution >= 4 is 65.2 Å². The largest absolute Gasteiger partial charge is 0.309 e. The molecule has 0 bridgehead atoms. The molecule has 0 radical (unpaired) electrons. The zero-order valence-electron chi connectivity index (χ0n) is 34.6. The number of fused-ring (bicyclic) bond motifs is 8. The Morgan fingerprint density at radius 2 is 0.766 bits per heavy atom. The molecular formula is C59H37N5. The Bertz CT molecular complexity index is 3850. The van der Waals surface area contributed by atoms with Crippen LogP contribution in [0.15, 0.2) is 224 Å². The van der Waals surface area contributed by atoms with Gasteiger partial charge >= 0.3 is 0 Å². The van der Waals surface area contributed by atoms with Gasteiger partial charge in [0.25, 0.3) is 0 Å². The van der Waals surface area contributed by atoms with E-state index in [1.54, 1.807) is 0 Å². The molecular weight excluding hydrogens is 779 g/mol. The van der Waals surface area contributed by atoms with E-state index >= 15 is 0 Å². The number of aromatic nitrogens is 5. The van der Waals surface area contributed by atoms with E-state index in [0.29, 0.717) is 17.5 Å². The highest BCUT2D eigenvalue weighted by molar-refractivity contribution is 6.17. The van der Waals surface area contributed by atoms with Gasteiger partial charge in [-0.15, -0.1) is 0 Å². The molecule has 3 aromatic heterocycles. The van der Waals surface area contributed by atoms with Gasteiger partial charge in [-0.1, -0.05) is 158 Å². The molecule has 64 heavy (non-hydrogen) atoms. The maximum atomic E-state index is 5.45. The Morgan fingerprint density at radius 1 is 0.266 bits per heavy atom. The molecule has 13 aromatic rings. The fourth-order valence-electron chi connectivity index (χ4n) is 9.78. The quantitative estimate of drug-likeness (QED) is 0.168. The molecule has 10 aromatic carbocycles. The molecule has 298 valence electrons. The van der Waals surface area contributed by atoms with Gasteiger partial charge < -0.3 is 9.13 Å². The fraction of sp³-hybridized carbons (Fsp3) is 0. The SMILES string of the molecule is c1ccc(-c2nc(-c3ccc(-n4c5cc6ccccc6cc5c5cc6ccccc6cc54)cc3-c3ccccc3)nc(-c3cccc4c3c3ccccc3n4-c3ccccc3)n2)cc1. The zero-order chi connectivity index (χ0) is 42.1. The molecule has 0 spiro atoms. The highest BCUT2D eigenvalue weighted by atomic mass is 15.0. The van der Waals surface area contributed by atoms with E-state index in [0.717, 1.165) is 72.0 Å². The standard InChI is InChI=1S/C59H37N5/c1-4-17-38(18-5-1)49-37-45(64-54-35-42-23-12-10-21-40(42)33-50(54)51-34-41-22-11-13-24-43(41)36-55(51)64)31-32-46(49)58-60-57(39-19-6-2-7-20-39)61-59(62-58)48-28-16-30-53-56(48)47-27-14-15-29-52(47)63(53)44-25-8-3-9-26-44/h1-37H. The Morgan fingerprint density at radius 3 is 1.42 bits per heavy atom. The first kappa shape index (κ1) is 36.0. The van der Waals surface area contributed by atoms with E-state index in [1.165, 1.54) is 32.3 Å². The monoisotopic (exact) mass is 815 g/mol. The van der Waals surface area contributed by atoms with Crippen LogP contribution in [-0.2, 0) is 0 Å². The number of benzene rings is 10. The van der Waals surface area contributed by atoms with Crippen molar-refractivity contribution in [3.8, 4) is 56.7 Å². The third kappa shape index (κ3) is 5.75. The van der Waals surface area contributed by atoms with Gasteiger partial charge in [0, 0.05) is 49.6 Å². The predicted octanol–water partition coefficient (Wildman–Crippen LogP) is 15.0. The summed E-state index contributed by atoms with van der Waals surface area (Å²) in [6.45, 7) is 0. The second kappa shape index (κ2) is 14.5. The minimum atomic E-state index is 0.609. The van der Waals surface area contributed by atoms with Gasteiger partial charge in [-0.2, -0.15) is 0 Å². The van der Waals surface area contributed by atoms with Crippen LogP contribution in [0, 0.1) is 0 Å². The van der Waals surface area contributed by atoms with Crippen LogP contribution in [0.3, 0.4) is 0 Å². The first-order chi connectivity index (χ1) is 31.7. The Hall–Kier alpha value is -8.67. The topological polar surface area (TPSA) is 48.5 Å². The minimum Gasteiger partial charge on any atom is -0.309 e. The van der Waals surface area contributed by atoms with E-state index < -0.39 is 0 Å². The lowest BCUT2D eigenvalue weighted by Gasteiger charge is -2.16. The summed E-state index contributed by atoms with van der Waals surface area (Å²) in [6.07, 6.45) is 0. The molecule has 5 nitrogen and oxygen atoms in total. The molecule has 0 amide bonds. The Balaban J connectivity index is 1.08. The lowest BCUT2D eigenvalue weighted by molar-refractivity contribution is 1.07. The van der Waals surface area contributed by atoms with Crippen LogP contribution < -0.4 is 0 Å². The second-order valence-electron chi connectivity index (χ2n) is 16.4. The van der Waals surface area contributed by atoms with Crippen molar-refractivity contribution in [1.29, 1.82) is 0 Å². The average molecular weight is 816 g/mol. The maximum absolute atomic E-state index is 5.45. The lowest BCUT2D eigenvalue weighted by Crippen LogP contribution is -2.02. The summed E-state index contributed by atoms with van der Waals surface area (Å²) in [5.74, 6) is 1.85. The first-order valence-electron chi connectivity index (χ1n) is 21.7. The van der Waals surface area contributed by atoms with Gasteiger partial charge in [0.1, 0.15) is 0 Å². The molecule has 0 saturated carbocycles. The van der Waals surface area contributed by atoms with Crippen LogP contribution in [-0.4, -0.2) is 24.1 Å². The number of nitrogens with zero attached hydrogens (tertiary/aromatic N) is 5. The molecule has 0 atom stereocenters. The number of para-hydroxylation sites is 2. The van der Waals surface area contributed by atoms with E-state index in [4.69, 9.17) is 15.0 Å². The lowest BCUT2D eigenvalue weighted by atomic mass is 9.98. The molecule has 0 unspecified atom stereocenters. The minimum absolute atomic E-state index is 0.609. The zero-order valence-corrected chi connectivity index (χ0v) is 34.6. The van der Waals surface area contributed by atoms with Crippen molar-refractivity contribution in [3.05, 3.63) is 224 Å². The van der Waals surface area contributed by atoms with Gasteiger partial charge in [-0.05, 0) is 99.4 Å². The van der Waals surface area contributed by atoms with Crippen LogP contribution >= 0.6 is 0 Å². The van der Waals surface area contributed by atoms with Gasteiger partial charge in [0.2, 0.25) is 0 Å². The summed E-state index contributed by atoms with van der Waals surface area (Å²) in [4.78, 5) is 16.0. The smallest absolute Gasteiger partial charge is 0.164 e. The summed E-state index contributed by atoms with van der Waals surface area (Å²) < 4.78 is 4.76. The summed E-state index contributed by atoms with van der Waals surface area (Å²) >= 11 is 0. The molecule has 3 heterocycles. The van der Waals surface area contributed by atoms with Crippen molar-refractivity contribution in [1.82, 2.24) is 24.1 Å². The van der Waals surface area contributed by atoms with Crippen LogP contribution in [0.2, 0.25) is 0 Å². The third-order valence-corrected chi connectivity index (χ3v) is 12.7. The van der Waals surface area contributed by atoms with Gasteiger partial charge in [-0.25, -0.2) is 15.0 Å². The van der Waals surface area contributed by atoms with Crippen molar-refractivity contribution in [2.24, 2.45) is 0 Å². The van der Waals surface area contributed by atoms with E-state index in [9.17, 15) is 0 Å². The molecule has 0 aliphatic rings. The number of hydrogen-bond donors (Lipinski definition) is 0. The van der Waals surface area contributed by atoms with Crippen LogP contribution in [0.1, 0.15) is 0 Å². The molecule has 0 aliphatic heterocycles. The van der Waals surface area contributed by atoms with Crippen molar-refractivity contribution in [2.75, 3.05) is 0 Å². The third-order valence-electron chi connectivity index (χ3n) is 12.7. The summed E-state index contributed by atoms with van der Waals surface area (Å²) in [5.41, 5.74) is 11.6. The van der Waals surface area contributed by atoms with E-state index in [-0.39, 0.29) is 0 Å². The molecule has 0 N–H and O–H groups in total. The van der Waals surface area contributed by atoms with Crippen LogP contribution in [0.25, 0.3) is 122 Å². The predicted molar refractivity (Wildman–Crippen MR) is 265 cm³/mol. The van der Waals surface area contributed by atoms with Crippen molar-refractivity contribution in [3.63, 3.8) is 0 Å². The molecule has 0 aliphatic carbocycles. The molecule has 13 rings (SSSR count). The Labute approximate surface area is 368 Å². The number of hydrogen-bond acceptors (Lipinski definition) is 3. The van der Waals surface area contributed by atoms with Crippen LogP contribution in [0.5, 0.6) is 0 Å². The van der Waals surface area contributed by atoms with Gasteiger partial charge in [0.05, 0.1) is 22.1 Å². The van der Waals surface area contributed by atoms with Crippen LogP contribution in [0.4, 0.5) is 0 Å². The molecule has 5 heteroatoms. The molecule has 0 saturated heterocycles. The maximum Gasteiger partial charge on any atom is 0.164 e. The summed E-state index contributed by atoms with van der Waals surface area (Å²) in [5, 5.41) is 9.55. The van der Waals surface area contributed by atoms with E-state index in [2.05, 4.69) is 215 Å². The summed E-state index contributed by atoms with van der Waals surface area (Å²) in [6, 6.07) is 79.9. The van der Waals surface area contributed by atoms with Crippen molar-refractivity contribution in [2.45, 2.75) is 0 Å². The van der Waals surface area contributed by atoms with Crippen molar-refractivity contribution < 1.29 is 0 Å². The second-order valence-corrected chi connectivity index (χ2v) is 16.4. The Kier molecular flexibility index (Phi) is 8.15. The fourth-order valence-corrected chi connectivity index (χ4v) is 9.78. The van der Waals surface area contributed by atoms with E-state index in [1.807, 2.05) is 18.2 Å². The number of rotatable bonds is 6.